The molecule has 0 aliphatic carbocycles. The molecule has 0 fully saturated rings. The monoisotopic (exact) mass is 196 g/mol. The number of phenolic OH excluding ortho intramolecular Hbond substituents is 1. The first kappa shape index (κ1) is 10.7. The zero-order valence-corrected chi connectivity index (χ0v) is 8.45. The third kappa shape index (κ3) is 1.90. The predicted octanol–water partition coefficient (Wildman–Crippen LogP) is 1.39. The molecule has 1 atom stereocenters. The van der Waals surface area contributed by atoms with E-state index < -0.39 is 0 Å². The van der Waals surface area contributed by atoms with E-state index in [2.05, 4.69) is 0 Å². The van der Waals surface area contributed by atoms with Gasteiger partial charge >= 0.3 is 0 Å². The largest absolute Gasteiger partial charge is 0.504 e. The van der Waals surface area contributed by atoms with Crippen LogP contribution in [0, 0.1) is 0 Å². The first-order valence-corrected chi connectivity index (χ1v) is 4.52. The molecule has 0 radical (unpaired) electrons. The minimum Gasteiger partial charge on any atom is -0.504 e. The van der Waals surface area contributed by atoms with E-state index in [1.807, 2.05) is 6.92 Å². The number of hydrogen-bond donors (Lipinski definition) is 3. The highest BCUT2D eigenvalue weighted by molar-refractivity contribution is 5.57. The van der Waals surface area contributed by atoms with Crippen molar-refractivity contribution in [1.29, 1.82) is 0 Å². The normalized spacial score (nSPS) is 12.5. The number of nitrogen functional groups attached to an aromatic ring is 1. The molecule has 0 heterocycles. The van der Waals surface area contributed by atoms with Gasteiger partial charge in [-0.2, -0.15) is 0 Å². The van der Waals surface area contributed by atoms with Gasteiger partial charge in [-0.25, -0.2) is 0 Å². The van der Waals surface area contributed by atoms with Crippen LogP contribution in [-0.4, -0.2) is 12.2 Å². The molecule has 5 N–H and O–H groups in total. The number of methoxy groups -OCH3 is 1. The molecule has 0 amide bonds. The van der Waals surface area contributed by atoms with E-state index in [4.69, 9.17) is 16.2 Å². The first-order chi connectivity index (χ1) is 6.60. The van der Waals surface area contributed by atoms with Gasteiger partial charge in [0.2, 0.25) is 0 Å². The molecular weight excluding hydrogens is 180 g/mol. The third-order valence-corrected chi connectivity index (χ3v) is 2.19. The van der Waals surface area contributed by atoms with E-state index in [9.17, 15) is 5.11 Å². The van der Waals surface area contributed by atoms with Crippen molar-refractivity contribution in [2.75, 3.05) is 12.8 Å². The maximum atomic E-state index is 9.75. The number of hydrogen-bond acceptors (Lipinski definition) is 4. The van der Waals surface area contributed by atoms with Crippen LogP contribution in [0.1, 0.15) is 24.9 Å². The van der Waals surface area contributed by atoms with Crippen LogP contribution in [-0.2, 0) is 0 Å². The lowest BCUT2D eigenvalue weighted by molar-refractivity contribution is 0.368. The van der Waals surface area contributed by atoms with Crippen molar-refractivity contribution in [3.63, 3.8) is 0 Å². The molecule has 14 heavy (non-hydrogen) atoms. The summed E-state index contributed by atoms with van der Waals surface area (Å²) in [6.45, 7) is 1.94. The summed E-state index contributed by atoms with van der Waals surface area (Å²) in [6, 6.07) is 3.03. The summed E-state index contributed by atoms with van der Waals surface area (Å²) < 4.78 is 4.98. The van der Waals surface area contributed by atoms with Crippen molar-refractivity contribution < 1.29 is 9.84 Å². The van der Waals surface area contributed by atoms with Gasteiger partial charge < -0.3 is 21.3 Å². The van der Waals surface area contributed by atoms with Crippen LogP contribution in [0.25, 0.3) is 0 Å². The van der Waals surface area contributed by atoms with Crippen LogP contribution in [0.15, 0.2) is 12.1 Å². The van der Waals surface area contributed by atoms with Gasteiger partial charge in [-0.3, -0.25) is 0 Å². The quantitative estimate of drug-likeness (QED) is 0.504. The van der Waals surface area contributed by atoms with E-state index >= 15 is 0 Å². The highest BCUT2D eigenvalue weighted by Gasteiger charge is 2.14. The van der Waals surface area contributed by atoms with Gasteiger partial charge in [0.1, 0.15) is 0 Å². The fraction of sp³-hybridized carbons (Fsp3) is 0.400. The van der Waals surface area contributed by atoms with Crippen molar-refractivity contribution in [3.8, 4) is 11.5 Å². The Morgan fingerprint density at radius 2 is 2.14 bits per heavy atom. The van der Waals surface area contributed by atoms with E-state index in [0.29, 0.717) is 17.0 Å². The number of benzene rings is 1. The fourth-order valence-electron chi connectivity index (χ4n) is 1.31. The summed E-state index contributed by atoms with van der Waals surface area (Å²) in [4.78, 5) is 0. The van der Waals surface area contributed by atoms with Crippen LogP contribution in [0.3, 0.4) is 0 Å². The summed E-state index contributed by atoms with van der Waals surface area (Å²) in [7, 11) is 1.48. The highest BCUT2D eigenvalue weighted by Crippen LogP contribution is 2.36. The van der Waals surface area contributed by atoms with E-state index in [1.165, 1.54) is 7.11 Å². The average Bonchev–Trinajstić information content (AvgIpc) is 2.19. The molecule has 0 saturated heterocycles. The van der Waals surface area contributed by atoms with Crippen molar-refractivity contribution in [3.05, 3.63) is 17.7 Å². The number of nitrogens with two attached hydrogens (primary N) is 2. The molecule has 1 aromatic carbocycles. The summed E-state index contributed by atoms with van der Waals surface area (Å²) in [6.07, 6.45) is 0.736. The zero-order valence-electron chi connectivity index (χ0n) is 8.45. The second kappa shape index (κ2) is 4.19. The maximum Gasteiger partial charge on any atom is 0.162 e. The molecule has 1 aromatic rings. The van der Waals surface area contributed by atoms with Crippen LogP contribution < -0.4 is 16.2 Å². The molecule has 0 aliphatic rings. The minimum absolute atomic E-state index is 0.0797. The van der Waals surface area contributed by atoms with Crippen molar-refractivity contribution in [1.82, 2.24) is 0 Å². The van der Waals surface area contributed by atoms with Crippen molar-refractivity contribution >= 4 is 5.69 Å². The van der Waals surface area contributed by atoms with Gasteiger partial charge in [0.05, 0.1) is 7.11 Å². The number of phenols is 1. The molecule has 1 rings (SSSR count). The summed E-state index contributed by atoms with van der Waals surface area (Å²) in [5.41, 5.74) is 12.6. The Hall–Kier alpha value is -1.42. The Labute approximate surface area is 83.5 Å². The number of aromatic hydroxyl groups is 1. The lowest BCUT2D eigenvalue weighted by Gasteiger charge is -2.14. The molecule has 0 spiro atoms. The van der Waals surface area contributed by atoms with Crippen molar-refractivity contribution in [2.45, 2.75) is 19.4 Å². The van der Waals surface area contributed by atoms with Crippen LogP contribution in [0.2, 0.25) is 0 Å². The molecule has 0 unspecified atom stereocenters. The van der Waals surface area contributed by atoms with Crippen LogP contribution >= 0.6 is 0 Å². The lowest BCUT2D eigenvalue weighted by Crippen LogP contribution is -2.09. The van der Waals surface area contributed by atoms with Crippen LogP contribution in [0.5, 0.6) is 11.5 Å². The standard InChI is InChI=1S/C10H16N2O2/c1-3-8(12)7-4-6(11)5-9(14-2)10(7)13/h4-5,8,13H,3,11-12H2,1-2H3/t8-/m1/s1. The summed E-state index contributed by atoms with van der Waals surface area (Å²) in [5, 5.41) is 9.75. The minimum atomic E-state index is -0.215. The second-order valence-corrected chi connectivity index (χ2v) is 3.18. The highest BCUT2D eigenvalue weighted by atomic mass is 16.5. The summed E-state index contributed by atoms with van der Waals surface area (Å²) in [5.74, 6) is 0.444. The average molecular weight is 196 g/mol. The zero-order chi connectivity index (χ0) is 10.7. The number of rotatable bonds is 3. The Balaban J connectivity index is 3.21. The Bertz CT molecular complexity index is 326. The number of ether oxygens (including phenoxy) is 1. The molecule has 0 saturated carbocycles. The van der Waals surface area contributed by atoms with Gasteiger partial charge in [-0.05, 0) is 12.5 Å². The molecule has 0 aromatic heterocycles. The molecule has 0 aliphatic heterocycles. The van der Waals surface area contributed by atoms with E-state index in [0.717, 1.165) is 6.42 Å². The lowest BCUT2D eigenvalue weighted by atomic mass is 10.0. The van der Waals surface area contributed by atoms with Gasteiger partial charge in [0.15, 0.2) is 11.5 Å². The third-order valence-electron chi connectivity index (χ3n) is 2.19. The fourth-order valence-corrected chi connectivity index (χ4v) is 1.31. The summed E-state index contributed by atoms with van der Waals surface area (Å²) >= 11 is 0. The molecule has 4 nitrogen and oxygen atoms in total. The molecular formula is C10H16N2O2. The van der Waals surface area contributed by atoms with Crippen LogP contribution in [0.4, 0.5) is 5.69 Å². The SMILES string of the molecule is CC[C@@H](N)c1cc(N)cc(OC)c1O. The topological polar surface area (TPSA) is 81.5 Å². The second-order valence-electron chi connectivity index (χ2n) is 3.18. The Morgan fingerprint density at radius 1 is 1.50 bits per heavy atom. The number of anilines is 1. The van der Waals surface area contributed by atoms with Crippen molar-refractivity contribution in [2.24, 2.45) is 5.73 Å². The predicted molar refractivity (Wildman–Crippen MR) is 56.3 cm³/mol. The molecule has 4 heteroatoms. The maximum absolute atomic E-state index is 9.75. The Morgan fingerprint density at radius 3 is 2.64 bits per heavy atom. The smallest absolute Gasteiger partial charge is 0.162 e. The van der Waals surface area contributed by atoms with Gasteiger partial charge in [-0.15, -0.1) is 0 Å². The first-order valence-electron chi connectivity index (χ1n) is 4.52. The Kier molecular flexibility index (Phi) is 3.19. The van der Waals surface area contributed by atoms with Gasteiger partial charge in [0, 0.05) is 23.4 Å². The van der Waals surface area contributed by atoms with E-state index in [-0.39, 0.29) is 11.8 Å². The van der Waals surface area contributed by atoms with E-state index in [1.54, 1.807) is 12.1 Å². The molecule has 78 valence electrons. The van der Waals surface area contributed by atoms with Gasteiger partial charge in [0.25, 0.3) is 0 Å². The molecule has 0 bridgehead atoms. The van der Waals surface area contributed by atoms with Gasteiger partial charge in [-0.1, -0.05) is 6.92 Å².